The van der Waals surface area contributed by atoms with Gasteiger partial charge in [0.25, 0.3) is 5.56 Å². The van der Waals surface area contributed by atoms with Gasteiger partial charge in [-0.05, 0) is 18.6 Å². The molecule has 0 unspecified atom stereocenters. The van der Waals surface area contributed by atoms with E-state index < -0.39 is 0 Å². The number of fused-ring (bicyclic) bond motifs is 1. The maximum absolute atomic E-state index is 12.2. The van der Waals surface area contributed by atoms with Crippen LogP contribution in [0.15, 0.2) is 29.2 Å². The molecule has 0 atom stereocenters. The number of nitrogens with zero attached hydrogens (tertiary/aromatic N) is 4. The van der Waals surface area contributed by atoms with Gasteiger partial charge in [-0.3, -0.25) is 14.5 Å². The minimum Gasteiger partial charge on any atom is -0.303 e. The summed E-state index contributed by atoms with van der Waals surface area (Å²) in [5.41, 5.74) is 2.49. The molecule has 0 bridgehead atoms. The molecular formula is C14H15N5O. The molecule has 3 heterocycles. The van der Waals surface area contributed by atoms with Gasteiger partial charge in [-0.1, -0.05) is 19.4 Å². The van der Waals surface area contributed by atoms with E-state index >= 15 is 0 Å². The molecule has 6 nitrogen and oxygen atoms in total. The molecule has 3 aromatic rings. The number of aromatic nitrogens is 5. The average molecular weight is 269 g/mol. The Kier molecular flexibility index (Phi) is 3.06. The number of nitrogens with one attached hydrogen (secondary N) is 1. The molecule has 0 aliphatic rings. The van der Waals surface area contributed by atoms with Gasteiger partial charge in [0.05, 0.1) is 5.69 Å². The van der Waals surface area contributed by atoms with Crippen LogP contribution in [-0.2, 0) is 13.5 Å². The summed E-state index contributed by atoms with van der Waals surface area (Å²) in [6.45, 7) is 2.08. The molecule has 0 aliphatic heterocycles. The molecule has 102 valence electrons. The molecule has 0 saturated heterocycles. The van der Waals surface area contributed by atoms with Crippen molar-refractivity contribution in [3.05, 3.63) is 40.4 Å². The van der Waals surface area contributed by atoms with Crippen LogP contribution in [0, 0.1) is 0 Å². The van der Waals surface area contributed by atoms with E-state index in [1.807, 2.05) is 18.2 Å². The number of hydrogen-bond acceptors (Lipinski definition) is 4. The molecular weight excluding hydrogens is 254 g/mol. The summed E-state index contributed by atoms with van der Waals surface area (Å²) in [6.07, 6.45) is 3.44. The summed E-state index contributed by atoms with van der Waals surface area (Å²) >= 11 is 0. The second-order valence-electron chi connectivity index (χ2n) is 4.65. The van der Waals surface area contributed by atoms with Crippen molar-refractivity contribution < 1.29 is 0 Å². The Hall–Kier alpha value is -2.50. The SMILES string of the molecule is CCCc1nn(C)c2c(=O)[nH]c(-c3ccccn3)nc12. The number of aromatic amines is 1. The third-order valence-corrected chi connectivity index (χ3v) is 3.16. The first-order valence-electron chi connectivity index (χ1n) is 6.58. The van der Waals surface area contributed by atoms with Crippen LogP contribution in [0.5, 0.6) is 0 Å². The summed E-state index contributed by atoms with van der Waals surface area (Å²) in [5, 5.41) is 4.39. The highest BCUT2D eigenvalue weighted by Gasteiger charge is 2.15. The quantitative estimate of drug-likeness (QED) is 0.784. The zero-order chi connectivity index (χ0) is 14.1. The summed E-state index contributed by atoms with van der Waals surface area (Å²) < 4.78 is 1.59. The summed E-state index contributed by atoms with van der Waals surface area (Å²) in [7, 11) is 1.76. The lowest BCUT2D eigenvalue weighted by Gasteiger charge is -2.00. The Balaban J connectivity index is 2.27. The highest BCUT2D eigenvalue weighted by atomic mass is 16.1. The van der Waals surface area contributed by atoms with Gasteiger partial charge in [-0.25, -0.2) is 4.98 Å². The zero-order valence-electron chi connectivity index (χ0n) is 11.4. The van der Waals surface area contributed by atoms with Gasteiger partial charge in [0.1, 0.15) is 11.2 Å². The van der Waals surface area contributed by atoms with E-state index in [9.17, 15) is 4.79 Å². The molecule has 0 spiro atoms. The molecule has 0 saturated carbocycles. The Morgan fingerprint density at radius 2 is 2.20 bits per heavy atom. The molecule has 6 heteroatoms. The molecule has 0 fully saturated rings. The number of pyridine rings is 1. The predicted molar refractivity (Wildman–Crippen MR) is 76.4 cm³/mol. The Morgan fingerprint density at radius 3 is 2.90 bits per heavy atom. The molecule has 0 aromatic carbocycles. The van der Waals surface area contributed by atoms with Crippen molar-refractivity contribution in [3.63, 3.8) is 0 Å². The first-order valence-corrected chi connectivity index (χ1v) is 6.58. The number of rotatable bonds is 3. The Bertz CT molecular complexity index is 804. The van der Waals surface area contributed by atoms with Crippen molar-refractivity contribution >= 4 is 11.0 Å². The highest BCUT2D eigenvalue weighted by Crippen LogP contribution is 2.17. The van der Waals surface area contributed by atoms with E-state index in [1.54, 1.807) is 17.9 Å². The molecule has 3 rings (SSSR count). The van der Waals surface area contributed by atoms with Crippen LogP contribution in [0.25, 0.3) is 22.6 Å². The van der Waals surface area contributed by atoms with Crippen LogP contribution in [0.3, 0.4) is 0 Å². The van der Waals surface area contributed by atoms with Gasteiger partial charge in [0.15, 0.2) is 11.3 Å². The minimum atomic E-state index is -0.187. The first kappa shape index (κ1) is 12.5. The van der Waals surface area contributed by atoms with E-state index in [4.69, 9.17) is 0 Å². The average Bonchev–Trinajstić information content (AvgIpc) is 2.77. The van der Waals surface area contributed by atoms with Crippen LogP contribution in [0.4, 0.5) is 0 Å². The van der Waals surface area contributed by atoms with Crippen molar-refractivity contribution in [2.75, 3.05) is 0 Å². The molecule has 3 aromatic heterocycles. The largest absolute Gasteiger partial charge is 0.303 e. The summed E-state index contributed by atoms with van der Waals surface area (Å²) in [5.74, 6) is 0.480. The number of hydrogen-bond donors (Lipinski definition) is 1. The van der Waals surface area contributed by atoms with E-state index in [1.165, 1.54) is 0 Å². The standard InChI is InChI=1S/C14H15N5O/c1-3-6-9-11-12(19(2)18-9)14(20)17-13(16-11)10-7-4-5-8-15-10/h4-5,7-8H,3,6H2,1-2H3,(H,16,17,20). The van der Waals surface area contributed by atoms with Crippen LogP contribution >= 0.6 is 0 Å². The van der Waals surface area contributed by atoms with Crippen LogP contribution in [0.2, 0.25) is 0 Å². The first-order chi connectivity index (χ1) is 9.70. The molecule has 0 radical (unpaired) electrons. The normalized spacial score (nSPS) is 11.1. The minimum absolute atomic E-state index is 0.187. The maximum atomic E-state index is 12.2. The Morgan fingerprint density at radius 1 is 1.35 bits per heavy atom. The lowest BCUT2D eigenvalue weighted by atomic mass is 10.2. The van der Waals surface area contributed by atoms with Crippen molar-refractivity contribution in [1.82, 2.24) is 24.7 Å². The number of aryl methyl sites for hydroxylation is 2. The van der Waals surface area contributed by atoms with Crippen molar-refractivity contribution in [2.45, 2.75) is 19.8 Å². The number of H-pyrrole nitrogens is 1. The third-order valence-electron chi connectivity index (χ3n) is 3.16. The lowest BCUT2D eigenvalue weighted by Crippen LogP contribution is -2.12. The van der Waals surface area contributed by atoms with Gasteiger partial charge in [-0.2, -0.15) is 5.10 Å². The predicted octanol–water partition coefficient (Wildman–Crippen LogP) is 1.67. The smallest absolute Gasteiger partial charge is 0.277 e. The zero-order valence-corrected chi connectivity index (χ0v) is 11.4. The van der Waals surface area contributed by atoms with E-state index in [-0.39, 0.29) is 5.56 Å². The third kappa shape index (κ3) is 1.99. The van der Waals surface area contributed by atoms with Crippen molar-refractivity contribution in [3.8, 4) is 11.5 Å². The molecule has 1 N–H and O–H groups in total. The second-order valence-corrected chi connectivity index (χ2v) is 4.65. The van der Waals surface area contributed by atoms with Gasteiger partial charge in [-0.15, -0.1) is 0 Å². The summed E-state index contributed by atoms with van der Waals surface area (Å²) in [4.78, 5) is 23.8. The van der Waals surface area contributed by atoms with E-state index in [0.29, 0.717) is 22.6 Å². The van der Waals surface area contributed by atoms with Crippen LogP contribution in [0.1, 0.15) is 19.0 Å². The van der Waals surface area contributed by atoms with Crippen LogP contribution in [-0.4, -0.2) is 24.7 Å². The summed E-state index contributed by atoms with van der Waals surface area (Å²) in [6, 6.07) is 5.51. The van der Waals surface area contributed by atoms with Crippen LogP contribution < -0.4 is 5.56 Å². The van der Waals surface area contributed by atoms with Crippen molar-refractivity contribution in [1.29, 1.82) is 0 Å². The second kappa shape index (κ2) is 4.88. The van der Waals surface area contributed by atoms with Gasteiger partial charge in [0, 0.05) is 13.2 Å². The van der Waals surface area contributed by atoms with E-state index in [2.05, 4.69) is 27.0 Å². The van der Waals surface area contributed by atoms with Crippen molar-refractivity contribution in [2.24, 2.45) is 7.05 Å². The highest BCUT2D eigenvalue weighted by molar-refractivity contribution is 5.78. The molecule has 0 amide bonds. The topological polar surface area (TPSA) is 76.5 Å². The maximum Gasteiger partial charge on any atom is 0.277 e. The molecule has 20 heavy (non-hydrogen) atoms. The lowest BCUT2D eigenvalue weighted by molar-refractivity contribution is 0.751. The van der Waals surface area contributed by atoms with Gasteiger partial charge < -0.3 is 4.98 Å². The fourth-order valence-corrected chi connectivity index (χ4v) is 2.28. The fraction of sp³-hybridized carbons (Fsp3) is 0.286. The monoisotopic (exact) mass is 269 g/mol. The van der Waals surface area contributed by atoms with Gasteiger partial charge in [0.2, 0.25) is 0 Å². The fourth-order valence-electron chi connectivity index (χ4n) is 2.28. The van der Waals surface area contributed by atoms with E-state index in [0.717, 1.165) is 18.5 Å². The Labute approximate surface area is 115 Å². The van der Waals surface area contributed by atoms with Gasteiger partial charge >= 0.3 is 0 Å². The molecule has 0 aliphatic carbocycles.